The van der Waals surface area contributed by atoms with Crippen molar-refractivity contribution in [2.24, 2.45) is 5.73 Å². The van der Waals surface area contributed by atoms with E-state index < -0.39 is 17.2 Å². The van der Waals surface area contributed by atoms with E-state index in [1.54, 1.807) is 11.7 Å². The van der Waals surface area contributed by atoms with Gasteiger partial charge in [0.1, 0.15) is 11.2 Å². The maximum absolute atomic E-state index is 13.0. The van der Waals surface area contributed by atoms with Crippen molar-refractivity contribution >= 4 is 17.3 Å². The number of thiazole rings is 1. The van der Waals surface area contributed by atoms with E-state index in [9.17, 15) is 14.3 Å². The summed E-state index contributed by atoms with van der Waals surface area (Å²) in [6.45, 7) is -0.0636. The van der Waals surface area contributed by atoms with Crippen LogP contribution >= 0.6 is 11.3 Å². The molecule has 1 atom stereocenters. The molecule has 0 amide bonds. The first-order chi connectivity index (χ1) is 9.08. The van der Waals surface area contributed by atoms with Crippen LogP contribution in [0.25, 0.3) is 0 Å². The maximum atomic E-state index is 13.0. The Bertz CT molecular complexity index is 557. The lowest BCUT2D eigenvalue weighted by Gasteiger charge is -2.27. The van der Waals surface area contributed by atoms with Crippen LogP contribution in [0.4, 0.5) is 4.39 Å². The normalized spacial score (nSPS) is 14.0. The quantitative estimate of drug-likeness (QED) is 0.875. The highest BCUT2D eigenvalue weighted by Gasteiger charge is 2.39. The lowest BCUT2D eigenvalue weighted by Crippen LogP contribution is -2.44. The second kappa shape index (κ2) is 5.46. The summed E-state index contributed by atoms with van der Waals surface area (Å²) in [5.41, 5.74) is 6.59. The van der Waals surface area contributed by atoms with Crippen molar-refractivity contribution in [2.45, 2.75) is 11.8 Å². The molecule has 6 heteroatoms. The highest BCUT2D eigenvalue weighted by Crippen LogP contribution is 2.29. The van der Waals surface area contributed by atoms with Gasteiger partial charge in [0.05, 0.1) is 5.51 Å². The number of carboxylic acid groups (broad SMARTS) is 1. The smallest absolute Gasteiger partial charge is 0.315 e. The Morgan fingerprint density at radius 3 is 2.58 bits per heavy atom. The van der Waals surface area contributed by atoms with Gasteiger partial charge in [-0.3, -0.25) is 9.78 Å². The summed E-state index contributed by atoms with van der Waals surface area (Å²) in [5.74, 6) is -1.42. The molecule has 0 spiro atoms. The molecule has 0 bridgehead atoms. The Labute approximate surface area is 113 Å². The van der Waals surface area contributed by atoms with Crippen LogP contribution in [0, 0.1) is 5.82 Å². The monoisotopic (exact) mass is 280 g/mol. The number of aromatic nitrogens is 1. The van der Waals surface area contributed by atoms with Gasteiger partial charge in [0.15, 0.2) is 0 Å². The first-order valence-electron chi connectivity index (χ1n) is 5.65. The molecular formula is C13H13FN2O2S. The van der Waals surface area contributed by atoms with Gasteiger partial charge in [-0.2, -0.15) is 0 Å². The minimum Gasteiger partial charge on any atom is -0.481 e. The van der Waals surface area contributed by atoms with Crippen LogP contribution in [0.1, 0.15) is 10.4 Å². The van der Waals surface area contributed by atoms with Gasteiger partial charge in [-0.15, -0.1) is 11.3 Å². The number of benzene rings is 1. The van der Waals surface area contributed by atoms with E-state index in [1.165, 1.54) is 35.6 Å². The summed E-state index contributed by atoms with van der Waals surface area (Å²) in [5, 5.41) is 9.56. The van der Waals surface area contributed by atoms with Gasteiger partial charge in [-0.1, -0.05) is 12.1 Å². The fourth-order valence-corrected chi connectivity index (χ4v) is 2.68. The molecular weight excluding hydrogens is 267 g/mol. The Hall–Kier alpha value is -1.79. The largest absolute Gasteiger partial charge is 0.481 e. The fraction of sp³-hybridized carbons (Fsp3) is 0.231. The topological polar surface area (TPSA) is 76.2 Å². The molecule has 19 heavy (non-hydrogen) atoms. The summed E-state index contributed by atoms with van der Waals surface area (Å²) >= 11 is 1.38. The molecule has 0 fully saturated rings. The average Bonchev–Trinajstić information content (AvgIpc) is 2.89. The Balaban J connectivity index is 2.44. The van der Waals surface area contributed by atoms with Gasteiger partial charge in [0, 0.05) is 24.0 Å². The summed E-state index contributed by atoms with van der Waals surface area (Å²) in [4.78, 5) is 16.4. The fourth-order valence-electron chi connectivity index (χ4n) is 1.97. The van der Waals surface area contributed by atoms with Crippen LogP contribution in [0.2, 0.25) is 0 Å². The molecule has 1 heterocycles. The molecule has 0 aliphatic heterocycles. The zero-order valence-electron chi connectivity index (χ0n) is 10.0. The van der Waals surface area contributed by atoms with Crippen molar-refractivity contribution in [3.63, 3.8) is 0 Å². The SMILES string of the molecule is NCC(Cc1cncs1)(C(=O)O)c1ccc(F)cc1. The highest BCUT2D eigenvalue weighted by molar-refractivity contribution is 7.09. The summed E-state index contributed by atoms with van der Waals surface area (Å²) in [7, 11) is 0. The predicted molar refractivity (Wildman–Crippen MR) is 70.6 cm³/mol. The van der Waals surface area contributed by atoms with E-state index in [0.717, 1.165) is 4.88 Å². The zero-order chi connectivity index (χ0) is 13.9. The summed E-state index contributed by atoms with van der Waals surface area (Å²) in [6, 6.07) is 5.43. The molecule has 2 aromatic rings. The third kappa shape index (κ3) is 2.64. The number of carboxylic acids is 1. The molecule has 0 radical (unpaired) electrons. The minimum atomic E-state index is -1.25. The van der Waals surface area contributed by atoms with Crippen molar-refractivity contribution in [3.05, 3.63) is 52.2 Å². The third-order valence-corrected chi connectivity index (χ3v) is 3.89. The third-order valence-electron chi connectivity index (χ3n) is 3.11. The standard InChI is InChI=1S/C13H13FN2O2S/c14-10-3-1-9(2-4-10)13(7-15,12(17)18)5-11-6-16-8-19-11/h1-4,6,8H,5,7,15H2,(H,17,18). The number of aliphatic carboxylic acids is 1. The molecule has 0 aliphatic rings. The van der Waals surface area contributed by atoms with Crippen LogP contribution < -0.4 is 5.73 Å². The van der Waals surface area contributed by atoms with Gasteiger partial charge in [0.2, 0.25) is 0 Å². The number of hydrogen-bond donors (Lipinski definition) is 2. The Morgan fingerprint density at radius 1 is 1.42 bits per heavy atom. The predicted octanol–water partition coefficient (Wildman–Crippen LogP) is 1.81. The lowest BCUT2D eigenvalue weighted by atomic mass is 9.77. The second-order valence-electron chi connectivity index (χ2n) is 4.24. The molecule has 0 aliphatic carbocycles. The zero-order valence-corrected chi connectivity index (χ0v) is 10.9. The van der Waals surface area contributed by atoms with Crippen LogP contribution in [-0.2, 0) is 16.6 Å². The van der Waals surface area contributed by atoms with Crippen molar-refractivity contribution in [1.82, 2.24) is 4.98 Å². The van der Waals surface area contributed by atoms with Gasteiger partial charge in [-0.25, -0.2) is 4.39 Å². The highest BCUT2D eigenvalue weighted by atomic mass is 32.1. The van der Waals surface area contributed by atoms with E-state index >= 15 is 0 Å². The molecule has 1 aromatic carbocycles. The molecule has 100 valence electrons. The lowest BCUT2D eigenvalue weighted by molar-refractivity contribution is -0.143. The number of rotatable bonds is 5. The molecule has 0 saturated heterocycles. The van der Waals surface area contributed by atoms with Crippen molar-refractivity contribution in [3.8, 4) is 0 Å². The molecule has 1 unspecified atom stereocenters. The van der Waals surface area contributed by atoms with E-state index in [1.807, 2.05) is 0 Å². The van der Waals surface area contributed by atoms with E-state index in [-0.39, 0.29) is 13.0 Å². The van der Waals surface area contributed by atoms with Crippen molar-refractivity contribution < 1.29 is 14.3 Å². The molecule has 3 N–H and O–H groups in total. The van der Waals surface area contributed by atoms with E-state index in [0.29, 0.717) is 5.56 Å². The second-order valence-corrected chi connectivity index (χ2v) is 5.21. The summed E-state index contributed by atoms with van der Waals surface area (Å²) in [6.07, 6.45) is 1.87. The van der Waals surface area contributed by atoms with Gasteiger partial charge >= 0.3 is 5.97 Å². The average molecular weight is 280 g/mol. The number of hydrogen-bond acceptors (Lipinski definition) is 4. The van der Waals surface area contributed by atoms with E-state index in [2.05, 4.69) is 4.98 Å². The van der Waals surface area contributed by atoms with Crippen LogP contribution in [0.3, 0.4) is 0 Å². The van der Waals surface area contributed by atoms with Gasteiger partial charge < -0.3 is 10.8 Å². The van der Waals surface area contributed by atoms with Crippen LogP contribution in [-0.4, -0.2) is 22.6 Å². The Morgan fingerprint density at radius 2 is 2.11 bits per heavy atom. The van der Waals surface area contributed by atoms with Crippen LogP contribution in [0.15, 0.2) is 36.0 Å². The van der Waals surface area contributed by atoms with Crippen LogP contribution in [0.5, 0.6) is 0 Å². The molecule has 4 nitrogen and oxygen atoms in total. The van der Waals surface area contributed by atoms with Gasteiger partial charge in [0.25, 0.3) is 0 Å². The number of halogens is 1. The number of carbonyl (C=O) groups is 1. The summed E-state index contributed by atoms with van der Waals surface area (Å²) < 4.78 is 13.0. The first kappa shape index (κ1) is 13.6. The Kier molecular flexibility index (Phi) is 3.92. The minimum absolute atomic E-state index is 0.0636. The van der Waals surface area contributed by atoms with E-state index in [4.69, 9.17) is 5.73 Å². The number of nitrogens with two attached hydrogens (primary N) is 1. The molecule has 2 rings (SSSR count). The first-order valence-corrected chi connectivity index (χ1v) is 6.53. The maximum Gasteiger partial charge on any atom is 0.315 e. The van der Waals surface area contributed by atoms with Crippen molar-refractivity contribution in [2.75, 3.05) is 6.54 Å². The molecule has 1 aromatic heterocycles. The molecule has 0 saturated carbocycles. The number of nitrogens with zero attached hydrogens (tertiary/aromatic N) is 1. The van der Waals surface area contributed by atoms with Crippen molar-refractivity contribution in [1.29, 1.82) is 0 Å². The van der Waals surface area contributed by atoms with Gasteiger partial charge in [-0.05, 0) is 17.7 Å².